The molecule has 0 bridgehead atoms. The molecule has 32 heavy (non-hydrogen) atoms. The number of halogens is 1. The Labute approximate surface area is 191 Å². The van der Waals surface area contributed by atoms with Crippen molar-refractivity contribution in [2.75, 3.05) is 0 Å². The van der Waals surface area contributed by atoms with Gasteiger partial charge in [0.2, 0.25) is 0 Å². The number of benzene rings is 2. The molecule has 1 saturated carbocycles. The Kier molecular flexibility index (Phi) is 5.22. The Morgan fingerprint density at radius 1 is 1.09 bits per heavy atom. The van der Waals surface area contributed by atoms with E-state index >= 15 is 0 Å². The second kappa shape index (κ2) is 7.83. The van der Waals surface area contributed by atoms with E-state index in [9.17, 15) is 4.39 Å². The van der Waals surface area contributed by atoms with Crippen molar-refractivity contribution < 1.29 is 4.39 Å². The number of aryl methyl sites for hydroxylation is 1. The van der Waals surface area contributed by atoms with E-state index in [0.717, 1.165) is 17.8 Å². The molecule has 4 heteroatoms. The number of hydrogen-bond acceptors (Lipinski definition) is 2. The molecule has 0 saturated heterocycles. The van der Waals surface area contributed by atoms with Crippen LogP contribution in [0, 0.1) is 17.2 Å². The van der Waals surface area contributed by atoms with Crippen LogP contribution in [0.5, 0.6) is 0 Å². The van der Waals surface area contributed by atoms with E-state index in [-0.39, 0.29) is 16.6 Å². The minimum atomic E-state index is -0.228. The van der Waals surface area contributed by atoms with Gasteiger partial charge in [-0.1, -0.05) is 57.5 Å². The van der Waals surface area contributed by atoms with Crippen LogP contribution in [-0.4, -0.2) is 15.0 Å². The average Bonchev–Trinajstić information content (AvgIpc) is 3.21. The highest BCUT2D eigenvalue weighted by atomic mass is 19.1. The van der Waals surface area contributed by atoms with Crippen LogP contribution in [0.2, 0.25) is 0 Å². The van der Waals surface area contributed by atoms with Crippen molar-refractivity contribution in [3.63, 3.8) is 0 Å². The largest absolute Gasteiger partial charge is 0.251 e. The van der Waals surface area contributed by atoms with Gasteiger partial charge in [-0.05, 0) is 89.3 Å². The van der Waals surface area contributed by atoms with Crippen molar-refractivity contribution in [2.45, 2.75) is 77.7 Å². The minimum Gasteiger partial charge on any atom is -0.251 e. The predicted molar refractivity (Wildman–Crippen MR) is 127 cm³/mol. The number of nitrogens with zero attached hydrogens (tertiary/aromatic N) is 3. The van der Waals surface area contributed by atoms with Crippen LogP contribution in [-0.2, 0) is 18.4 Å². The molecule has 3 nitrogen and oxygen atoms in total. The molecular weight excluding hydrogens is 397 g/mol. The molecule has 168 valence electrons. The van der Waals surface area contributed by atoms with Gasteiger partial charge in [0.15, 0.2) is 0 Å². The van der Waals surface area contributed by atoms with Crippen molar-refractivity contribution >= 4 is 0 Å². The van der Waals surface area contributed by atoms with Gasteiger partial charge >= 0.3 is 0 Å². The maximum atomic E-state index is 13.3. The number of hydrogen-bond donors (Lipinski definition) is 0. The minimum absolute atomic E-state index is 0.176. The van der Waals surface area contributed by atoms with Crippen LogP contribution in [0.1, 0.15) is 76.0 Å². The summed E-state index contributed by atoms with van der Waals surface area (Å²) >= 11 is 0. The smallest absolute Gasteiger partial charge is 0.123 e. The van der Waals surface area contributed by atoms with Crippen LogP contribution in [0.3, 0.4) is 0 Å². The quantitative estimate of drug-likeness (QED) is 0.449. The van der Waals surface area contributed by atoms with E-state index in [1.807, 2.05) is 10.9 Å². The zero-order valence-electron chi connectivity index (χ0n) is 19.7. The second-order valence-electron chi connectivity index (χ2n) is 10.9. The summed E-state index contributed by atoms with van der Waals surface area (Å²) < 4.78 is 15.3. The van der Waals surface area contributed by atoms with E-state index in [1.54, 1.807) is 23.3 Å². The molecule has 1 fully saturated rings. The molecule has 2 aliphatic carbocycles. The van der Waals surface area contributed by atoms with Gasteiger partial charge in [-0.2, -0.15) is 0 Å². The van der Waals surface area contributed by atoms with Gasteiger partial charge in [-0.3, -0.25) is 4.68 Å². The van der Waals surface area contributed by atoms with Crippen molar-refractivity contribution in [2.24, 2.45) is 11.3 Å². The first kappa shape index (κ1) is 21.4. The first-order valence-electron chi connectivity index (χ1n) is 12.1. The van der Waals surface area contributed by atoms with Crippen LogP contribution >= 0.6 is 0 Å². The summed E-state index contributed by atoms with van der Waals surface area (Å²) in [4.78, 5) is 0. The van der Waals surface area contributed by atoms with E-state index in [4.69, 9.17) is 0 Å². The summed E-state index contributed by atoms with van der Waals surface area (Å²) in [6.07, 6.45) is 8.16. The van der Waals surface area contributed by atoms with Crippen LogP contribution in [0.25, 0.3) is 11.3 Å². The highest BCUT2D eigenvalue weighted by molar-refractivity contribution is 5.57. The van der Waals surface area contributed by atoms with Gasteiger partial charge < -0.3 is 0 Å². The zero-order chi connectivity index (χ0) is 22.5. The standard InChI is InChI=1S/C28H34FN3/c1-19(2)21-8-12-24-22(16-21)9-13-26-27(3,14-5-15-28(24,26)4)18-32-17-25(30-31-32)20-6-10-23(29)11-7-20/h6-8,10-12,16-17,19,26H,5,9,13-15,18H2,1-4H3/t26?,27-,28+/m0/s1. The van der Waals surface area contributed by atoms with Crippen molar-refractivity contribution in [1.82, 2.24) is 15.0 Å². The summed E-state index contributed by atoms with van der Waals surface area (Å²) in [5.41, 5.74) is 6.71. The third kappa shape index (κ3) is 3.58. The van der Waals surface area contributed by atoms with Gasteiger partial charge in [0.25, 0.3) is 0 Å². The van der Waals surface area contributed by atoms with Crippen molar-refractivity contribution in [3.05, 3.63) is 71.2 Å². The van der Waals surface area contributed by atoms with E-state index in [1.165, 1.54) is 49.8 Å². The molecule has 5 rings (SSSR count). The lowest BCUT2D eigenvalue weighted by Crippen LogP contribution is -2.50. The van der Waals surface area contributed by atoms with Gasteiger partial charge in [-0.25, -0.2) is 4.39 Å². The van der Waals surface area contributed by atoms with Crippen LogP contribution in [0.15, 0.2) is 48.7 Å². The van der Waals surface area contributed by atoms with Gasteiger partial charge in [0.1, 0.15) is 11.5 Å². The third-order valence-electron chi connectivity index (χ3n) is 8.37. The summed E-state index contributed by atoms with van der Waals surface area (Å²) in [5, 5.41) is 8.85. The van der Waals surface area contributed by atoms with Crippen LogP contribution in [0.4, 0.5) is 4.39 Å². The van der Waals surface area contributed by atoms with E-state index < -0.39 is 0 Å². The molecule has 2 aliphatic rings. The second-order valence-corrected chi connectivity index (χ2v) is 10.9. The fourth-order valence-electron chi connectivity index (χ4n) is 6.69. The predicted octanol–water partition coefficient (Wildman–Crippen LogP) is 6.92. The fourth-order valence-corrected chi connectivity index (χ4v) is 6.69. The van der Waals surface area contributed by atoms with E-state index in [2.05, 4.69) is 56.2 Å². The van der Waals surface area contributed by atoms with Crippen molar-refractivity contribution in [1.29, 1.82) is 0 Å². The molecule has 0 spiro atoms. The summed E-state index contributed by atoms with van der Waals surface area (Å²) in [6.45, 7) is 10.4. The lowest BCUT2D eigenvalue weighted by molar-refractivity contribution is 0.00893. The fraction of sp³-hybridized carbons (Fsp3) is 0.500. The van der Waals surface area contributed by atoms with Gasteiger partial charge in [0.05, 0.1) is 6.20 Å². The Balaban J connectivity index is 1.43. The lowest BCUT2D eigenvalue weighted by Gasteiger charge is -2.55. The molecule has 1 aromatic heterocycles. The lowest BCUT2D eigenvalue weighted by atomic mass is 9.49. The topological polar surface area (TPSA) is 30.7 Å². The molecule has 0 aliphatic heterocycles. The highest BCUT2D eigenvalue weighted by Gasteiger charge is 2.51. The SMILES string of the molecule is CC(C)c1ccc2c(c1)CCC1[C@](C)(Cn3cc(-c4ccc(F)cc4)nn3)CCC[C@]21C. The first-order valence-corrected chi connectivity index (χ1v) is 12.1. The maximum Gasteiger partial charge on any atom is 0.123 e. The molecule has 0 amide bonds. The molecule has 0 radical (unpaired) electrons. The first-order chi connectivity index (χ1) is 15.3. The number of fused-ring (bicyclic) bond motifs is 3. The molecule has 0 N–H and O–H groups in total. The normalized spacial score (nSPS) is 27.2. The zero-order valence-corrected chi connectivity index (χ0v) is 19.7. The summed E-state index contributed by atoms with van der Waals surface area (Å²) in [7, 11) is 0. The average molecular weight is 432 g/mol. The monoisotopic (exact) mass is 431 g/mol. The third-order valence-corrected chi connectivity index (χ3v) is 8.37. The molecule has 1 heterocycles. The number of rotatable bonds is 4. The van der Waals surface area contributed by atoms with Crippen LogP contribution < -0.4 is 0 Å². The summed E-state index contributed by atoms with van der Waals surface area (Å²) in [5.74, 6) is 0.970. The van der Waals surface area contributed by atoms with Gasteiger partial charge in [-0.15, -0.1) is 5.10 Å². The number of aromatic nitrogens is 3. The van der Waals surface area contributed by atoms with Gasteiger partial charge in [0, 0.05) is 12.1 Å². The molecular formula is C28H34FN3. The maximum absolute atomic E-state index is 13.3. The Hall–Kier alpha value is -2.49. The molecule has 2 aromatic carbocycles. The Morgan fingerprint density at radius 2 is 1.88 bits per heavy atom. The molecule has 3 atom stereocenters. The summed E-state index contributed by atoms with van der Waals surface area (Å²) in [6, 6.07) is 13.8. The van der Waals surface area contributed by atoms with Crippen molar-refractivity contribution in [3.8, 4) is 11.3 Å². The van der Waals surface area contributed by atoms with E-state index in [0.29, 0.717) is 11.8 Å². The molecule has 3 aromatic rings. The Morgan fingerprint density at radius 3 is 2.62 bits per heavy atom. The Bertz CT molecular complexity index is 1120. The molecule has 1 unspecified atom stereocenters. The highest BCUT2D eigenvalue weighted by Crippen LogP contribution is 2.57.